The minimum atomic E-state index is -0.667. The third-order valence-electron chi connectivity index (χ3n) is 4.13. The van der Waals surface area contributed by atoms with E-state index in [0.29, 0.717) is 5.76 Å². The Morgan fingerprint density at radius 1 is 1.17 bits per heavy atom. The van der Waals surface area contributed by atoms with E-state index in [9.17, 15) is 9.90 Å². The monoisotopic (exact) mass is 316 g/mol. The van der Waals surface area contributed by atoms with E-state index >= 15 is 0 Å². The molecule has 3 rings (SSSR count). The van der Waals surface area contributed by atoms with Crippen LogP contribution in [-0.2, 0) is 6.54 Å². The molecule has 6 nitrogen and oxygen atoms in total. The smallest absolute Gasteiger partial charge is 0.310 e. The minimum Gasteiger partial charge on any atom is -0.451 e. The molecular formula is C17H20N2O4. The molecular weight excluding hydrogens is 296 g/mol. The molecule has 0 spiro atoms. The SMILES string of the molecule is O=C(NO)c1ccc(-c2ccc(CN3CCC(O)CC3)cc2)o1. The van der Waals surface area contributed by atoms with Gasteiger partial charge < -0.3 is 9.52 Å². The summed E-state index contributed by atoms with van der Waals surface area (Å²) in [4.78, 5) is 13.6. The zero-order valence-corrected chi connectivity index (χ0v) is 12.7. The number of amides is 1. The summed E-state index contributed by atoms with van der Waals surface area (Å²) >= 11 is 0. The number of aliphatic hydroxyl groups excluding tert-OH is 1. The van der Waals surface area contributed by atoms with Crippen molar-refractivity contribution in [3.05, 3.63) is 47.7 Å². The predicted octanol–water partition coefficient (Wildman–Crippen LogP) is 2.02. The lowest BCUT2D eigenvalue weighted by Crippen LogP contribution is -2.35. The number of nitrogens with zero attached hydrogens (tertiary/aromatic N) is 1. The minimum absolute atomic E-state index is 0.0680. The van der Waals surface area contributed by atoms with Crippen molar-refractivity contribution in [1.82, 2.24) is 10.4 Å². The van der Waals surface area contributed by atoms with Gasteiger partial charge in [-0.3, -0.25) is 14.9 Å². The Morgan fingerprint density at radius 2 is 1.87 bits per heavy atom. The van der Waals surface area contributed by atoms with Crippen LogP contribution < -0.4 is 5.48 Å². The van der Waals surface area contributed by atoms with E-state index in [1.165, 1.54) is 11.6 Å². The molecule has 2 aromatic rings. The number of nitrogens with one attached hydrogen (secondary N) is 1. The van der Waals surface area contributed by atoms with Crippen LogP contribution >= 0.6 is 0 Å². The van der Waals surface area contributed by atoms with Crippen molar-refractivity contribution < 1.29 is 19.5 Å². The van der Waals surface area contributed by atoms with Crippen molar-refractivity contribution in [3.63, 3.8) is 0 Å². The molecule has 6 heteroatoms. The van der Waals surface area contributed by atoms with E-state index in [1.54, 1.807) is 11.5 Å². The highest BCUT2D eigenvalue weighted by atomic mass is 16.5. The Balaban J connectivity index is 1.65. The van der Waals surface area contributed by atoms with Gasteiger partial charge in [0.05, 0.1) is 6.10 Å². The molecule has 0 radical (unpaired) electrons. The summed E-state index contributed by atoms with van der Waals surface area (Å²) in [5, 5.41) is 18.1. The van der Waals surface area contributed by atoms with E-state index in [0.717, 1.165) is 38.0 Å². The summed E-state index contributed by atoms with van der Waals surface area (Å²) < 4.78 is 5.41. The summed E-state index contributed by atoms with van der Waals surface area (Å²) in [7, 11) is 0. The quantitative estimate of drug-likeness (QED) is 0.593. The number of benzene rings is 1. The maximum atomic E-state index is 11.3. The zero-order chi connectivity index (χ0) is 16.2. The highest BCUT2D eigenvalue weighted by molar-refractivity contribution is 5.91. The van der Waals surface area contributed by atoms with Crippen molar-refractivity contribution in [2.45, 2.75) is 25.5 Å². The van der Waals surface area contributed by atoms with Gasteiger partial charge in [0.15, 0.2) is 5.76 Å². The van der Waals surface area contributed by atoms with E-state index in [1.807, 2.05) is 24.3 Å². The van der Waals surface area contributed by atoms with Crippen LogP contribution in [0.4, 0.5) is 0 Å². The molecule has 1 saturated heterocycles. The van der Waals surface area contributed by atoms with Crippen LogP contribution in [0.5, 0.6) is 0 Å². The Morgan fingerprint density at radius 3 is 2.52 bits per heavy atom. The van der Waals surface area contributed by atoms with E-state index < -0.39 is 5.91 Å². The molecule has 1 aliphatic heterocycles. The molecule has 1 aromatic carbocycles. The second-order valence-electron chi connectivity index (χ2n) is 5.81. The average Bonchev–Trinajstić information content (AvgIpc) is 3.07. The number of hydrogen-bond acceptors (Lipinski definition) is 5. The average molecular weight is 316 g/mol. The van der Waals surface area contributed by atoms with Gasteiger partial charge in [-0.2, -0.15) is 0 Å². The van der Waals surface area contributed by atoms with Gasteiger partial charge in [-0.25, -0.2) is 5.48 Å². The van der Waals surface area contributed by atoms with Gasteiger partial charge in [-0.05, 0) is 30.5 Å². The Labute approximate surface area is 134 Å². The van der Waals surface area contributed by atoms with Gasteiger partial charge in [-0.15, -0.1) is 0 Å². The molecule has 2 heterocycles. The Kier molecular flexibility index (Phi) is 4.76. The lowest BCUT2D eigenvalue weighted by molar-refractivity contribution is 0.0677. The molecule has 0 unspecified atom stereocenters. The summed E-state index contributed by atoms with van der Waals surface area (Å²) in [6, 6.07) is 11.2. The molecule has 0 saturated carbocycles. The molecule has 23 heavy (non-hydrogen) atoms. The summed E-state index contributed by atoms with van der Waals surface area (Å²) in [5.74, 6) is -0.0187. The number of likely N-dealkylation sites (tertiary alicyclic amines) is 1. The highest BCUT2D eigenvalue weighted by Gasteiger charge is 2.17. The van der Waals surface area contributed by atoms with Gasteiger partial charge >= 0.3 is 5.91 Å². The lowest BCUT2D eigenvalue weighted by atomic mass is 10.1. The maximum absolute atomic E-state index is 11.3. The van der Waals surface area contributed by atoms with E-state index in [2.05, 4.69) is 4.90 Å². The molecule has 1 amide bonds. The van der Waals surface area contributed by atoms with Crippen molar-refractivity contribution in [2.75, 3.05) is 13.1 Å². The second kappa shape index (κ2) is 6.95. The van der Waals surface area contributed by atoms with Gasteiger partial charge in [-0.1, -0.05) is 24.3 Å². The fourth-order valence-electron chi connectivity index (χ4n) is 2.78. The number of carbonyl (C=O) groups is 1. The van der Waals surface area contributed by atoms with Gasteiger partial charge in [0.25, 0.3) is 0 Å². The summed E-state index contributed by atoms with van der Waals surface area (Å²) in [6.07, 6.45) is 1.51. The predicted molar refractivity (Wildman–Crippen MR) is 83.9 cm³/mol. The van der Waals surface area contributed by atoms with Crippen molar-refractivity contribution >= 4 is 5.91 Å². The Bertz CT molecular complexity index is 657. The number of carbonyl (C=O) groups excluding carboxylic acids is 1. The molecule has 1 aromatic heterocycles. The third-order valence-corrected chi connectivity index (χ3v) is 4.13. The topological polar surface area (TPSA) is 85.9 Å². The van der Waals surface area contributed by atoms with Crippen molar-refractivity contribution in [1.29, 1.82) is 0 Å². The van der Waals surface area contributed by atoms with E-state index in [-0.39, 0.29) is 11.9 Å². The fourth-order valence-corrected chi connectivity index (χ4v) is 2.78. The molecule has 3 N–H and O–H groups in total. The number of aliphatic hydroxyl groups is 1. The molecule has 1 aliphatic rings. The molecule has 1 fully saturated rings. The molecule has 0 bridgehead atoms. The fraction of sp³-hybridized carbons (Fsp3) is 0.353. The maximum Gasteiger partial charge on any atom is 0.310 e. The number of furan rings is 1. The normalized spacial score (nSPS) is 16.4. The largest absolute Gasteiger partial charge is 0.451 e. The van der Waals surface area contributed by atoms with Crippen molar-refractivity contribution in [3.8, 4) is 11.3 Å². The Hall–Kier alpha value is -2.15. The first-order valence-corrected chi connectivity index (χ1v) is 7.69. The van der Waals surface area contributed by atoms with E-state index in [4.69, 9.17) is 9.62 Å². The van der Waals surface area contributed by atoms with Gasteiger partial charge in [0.1, 0.15) is 5.76 Å². The van der Waals surface area contributed by atoms with Crippen LogP contribution in [0.25, 0.3) is 11.3 Å². The lowest BCUT2D eigenvalue weighted by Gasteiger charge is -2.29. The van der Waals surface area contributed by atoms with Gasteiger partial charge in [0, 0.05) is 25.2 Å². The standard InChI is InChI=1S/C17H20N2O4/c20-14-7-9-19(10-8-14)11-12-1-3-13(4-2-12)15-5-6-16(23-15)17(21)18-22/h1-6,14,20,22H,7-11H2,(H,18,21). The number of hydroxylamine groups is 1. The summed E-state index contributed by atoms with van der Waals surface area (Å²) in [5.41, 5.74) is 3.62. The molecule has 122 valence electrons. The first-order valence-electron chi connectivity index (χ1n) is 7.69. The molecule has 0 atom stereocenters. The summed E-state index contributed by atoms with van der Waals surface area (Å²) in [6.45, 7) is 2.70. The number of piperidine rings is 1. The van der Waals surface area contributed by atoms with Crippen LogP contribution in [-0.4, -0.2) is 40.3 Å². The van der Waals surface area contributed by atoms with Gasteiger partial charge in [0.2, 0.25) is 0 Å². The first-order chi connectivity index (χ1) is 11.2. The second-order valence-corrected chi connectivity index (χ2v) is 5.81. The van der Waals surface area contributed by atoms with Crippen LogP contribution in [0.15, 0.2) is 40.8 Å². The van der Waals surface area contributed by atoms with Crippen LogP contribution in [0, 0.1) is 0 Å². The first kappa shape index (κ1) is 15.7. The third kappa shape index (κ3) is 3.79. The zero-order valence-electron chi connectivity index (χ0n) is 12.7. The van der Waals surface area contributed by atoms with Crippen molar-refractivity contribution in [2.24, 2.45) is 0 Å². The van der Waals surface area contributed by atoms with Crippen LogP contribution in [0.2, 0.25) is 0 Å². The highest BCUT2D eigenvalue weighted by Crippen LogP contribution is 2.23. The number of rotatable bonds is 4. The molecule has 0 aliphatic carbocycles. The van der Waals surface area contributed by atoms with Crippen LogP contribution in [0.1, 0.15) is 29.0 Å². The van der Waals surface area contributed by atoms with Crippen LogP contribution in [0.3, 0.4) is 0 Å². The number of hydrogen-bond donors (Lipinski definition) is 3.